The summed E-state index contributed by atoms with van der Waals surface area (Å²) in [6.07, 6.45) is 2.86. The molecule has 1 fully saturated rings. The minimum atomic E-state index is -1.04. The molecular weight excluding hydrogens is 276 g/mol. The van der Waals surface area contributed by atoms with Gasteiger partial charge in [-0.05, 0) is 32.3 Å². The molecule has 0 aromatic carbocycles. The first kappa shape index (κ1) is 15.4. The molecule has 1 heterocycles. The van der Waals surface area contributed by atoms with E-state index >= 15 is 0 Å². The number of furan rings is 1. The van der Waals surface area contributed by atoms with Crippen LogP contribution in [0.25, 0.3) is 0 Å². The topological polar surface area (TPSA) is 101 Å². The molecule has 0 spiro atoms. The second-order valence-electron chi connectivity index (χ2n) is 5.18. The lowest BCUT2D eigenvalue weighted by molar-refractivity contribution is 0.0695. The van der Waals surface area contributed by atoms with Gasteiger partial charge in [-0.25, -0.2) is 9.59 Å². The summed E-state index contributed by atoms with van der Waals surface area (Å²) in [4.78, 5) is 22.7. The highest BCUT2D eigenvalue weighted by molar-refractivity contribution is 5.88. The van der Waals surface area contributed by atoms with Gasteiger partial charge in [-0.2, -0.15) is 0 Å². The van der Waals surface area contributed by atoms with Crippen molar-refractivity contribution in [1.82, 2.24) is 10.6 Å². The van der Waals surface area contributed by atoms with Crippen molar-refractivity contribution < 1.29 is 23.8 Å². The lowest BCUT2D eigenvalue weighted by atomic mass is 10.2. The molecule has 0 radical (unpaired) electrons. The molecule has 21 heavy (non-hydrogen) atoms. The minimum absolute atomic E-state index is 0.114. The first-order valence-corrected chi connectivity index (χ1v) is 6.89. The number of rotatable bonds is 5. The standard InChI is InChI=1S/C14H20N2O5/c1-8-12(13(17)18)6-11(21-8)7-15-14(19)16-9-3-4-10(5-9)20-2/h6,9-10H,3-5,7H2,1-2H3,(H,17,18)(H2,15,16,19). The van der Waals surface area contributed by atoms with E-state index in [0.717, 1.165) is 19.3 Å². The largest absolute Gasteiger partial charge is 0.478 e. The van der Waals surface area contributed by atoms with Crippen LogP contribution in [0.2, 0.25) is 0 Å². The number of hydrogen-bond acceptors (Lipinski definition) is 4. The van der Waals surface area contributed by atoms with E-state index in [4.69, 9.17) is 14.3 Å². The van der Waals surface area contributed by atoms with Gasteiger partial charge in [0, 0.05) is 13.2 Å². The van der Waals surface area contributed by atoms with Crippen LogP contribution in [0.1, 0.15) is 41.1 Å². The van der Waals surface area contributed by atoms with Crippen molar-refractivity contribution >= 4 is 12.0 Å². The van der Waals surface area contributed by atoms with Crippen molar-refractivity contribution in [2.75, 3.05) is 7.11 Å². The fourth-order valence-electron chi connectivity index (χ4n) is 2.53. The number of ether oxygens (including phenoxy) is 1. The number of amides is 2. The third kappa shape index (κ3) is 3.98. The van der Waals surface area contributed by atoms with Crippen LogP contribution < -0.4 is 10.6 Å². The van der Waals surface area contributed by atoms with Crippen LogP contribution in [-0.2, 0) is 11.3 Å². The summed E-state index contributed by atoms with van der Waals surface area (Å²) in [5, 5.41) is 14.5. The first-order valence-electron chi connectivity index (χ1n) is 6.89. The number of aryl methyl sites for hydroxylation is 1. The monoisotopic (exact) mass is 296 g/mol. The third-order valence-electron chi connectivity index (χ3n) is 3.68. The van der Waals surface area contributed by atoms with Gasteiger partial charge in [-0.1, -0.05) is 0 Å². The van der Waals surface area contributed by atoms with Crippen molar-refractivity contribution in [1.29, 1.82) is 0 Å². The van der Waals surface area contributed by atoms with Crippen LogP contribution in [0, 0.1) is 6.92 Å². The second kappa shape index (κ2) is 6.62. The second-order valence-corrected chi connectivity index (χ2v) is 5.18. The van der Waals surface area contributed by atoms with Gasteiger partial charge in [-0.15, -0.1) is 0 Å². The molecule has 0 aliphatic heterocycles. The number of carbonyl (C=O) groups is 2. The van der Waals surface area contributed by atoms with Gasteiger partial charge in [0.15, 0.2) is 0 Å². The number of aromatic carboxylic acids is 1. The Labute approximate surface area is 122 Å². The molecule has 0 saturated heterocycles. The normalized spacial score (nSPS) is 21.2. The average Bonchev–Trinajstić information content (AvgIpc) is 3.03. The van der Waals surface area contributed by atoms with Gasteiger partial charge >= 0.3 is 12.0 Å². The molecule has 2 amide bonds. The maximum absolute atomic E-state index is 11.8. The molecule has 7 nitrogen and oxygen atoms in total. The Kier molecular flexibility index (Phi) is 4.85. The number of methoxy groups -OCH3 is 1. The van der Waals surface area contributed by atoms with Gasteiger partial charge in [0.1, 0.15) is 17.1 Å². The Morgan fingerprint density at radius 3 is 2.81 bits per heavy atom. The Bertz CT molecular complexity index is 525. The number of carbonyl (C=O) groups excluding carboxylic acids is 1. The maximum Gasteiger partial charge on any atom is 0.339 e. The van der Waals surface area contributed by atoms with Crippen molar-refractivity contribution in [2.45, 2.75) is 44.9 Å². The van der Waals surface area contributed by atoms with E-state index in [-0.39, 0.29) is 30.3 Å². The fourth-order valence-corrected chi connectivity index (χ4v) is 2.53. The van der Waals surface area contributed by atoms with E-state index < -0.39 is 5.97 Å². The highest BCUT2D eigenvalue weighted by Gasteiger charge is 2.25. The predicted molar refractivity (Wildman–Crippen MR) is 74.2 cm³/mol. The van der Waals surface area contributed by atoms with E-state index in [1.165, 1.54) is 6.07 Å². The van der Waals surface area contributed by atoms with Crippen molar-refractivity contribution in [3.05, 3.63) is 23.2 Å². The van der Waals surface area contributed by atoms with E-state index in [2.05, 4.69) is 10.6 Å². The van der Waals surface area contributed by atoms with Gasteiger partial charge in [0.2, 0.25) is 0 Å². The zero-order valence-electron chi connectivity index (χ0n) is 12.1. The number of carboxylic acids is 1. The fraction of sp³-hybridized carbons (Fsp3) is 0.571. The van der Waals surface area contributed by atoms with E-state index in [1.807, 2.05) is 0 Å². The molecule has 2 unspecified atom stereocenters. The van der Waals surface area contributed by atoms with Gasteiger partial charge < -0.3 is 24.9 Å². The van der Waals surface area contributed by atoms with E-state index in [1.54, 1.807) is 14.0 Å². The zero-order valence-corrected chi connectivity index (χ0v) is 12.1. The van der Waals surface area contributed by atoms with Crippen LogP contribution >= 0.6 is 0 Å². The number of nitrogens with one attached hydrogen (secondary N) is 2. The summed E-state index contributed by atoms with van der Waals surface area (Å²) in [7, 11) is 1.67. The van der Waals surface area contributed by atoms with Crippen molar-refractivity contribution in [2.24, 2.45) is 0 Å². The molecule has 0 bridgehead atoms. The molecule has 1 saturated carbocycles. The van der Waals surface area contributed by atoms with Crippen molar-refractivity contribution in [3.8, 4) is 0 Å². The molecule has 1 aliphatic rings. The summed E-state index contributed by atoms with van der Waals surface area (Å²) in [6.45, 7) is 1.73. The lowest BCUT2D eigenvalue weighted by Crippen LogP contribution is -2.40. The smallest absolute Gasteiger partial charge is 0.339 e. The summed E-state index contributed by atoms with van der Waals surface area (Å²) < 4.78 is 10.5. The molecule has 2 rings (SSSR count). The Morgan fingerprint density at radius 1 is 1.48 bits per heavy atom. The molecule has 2 atom stereocenters. The molecule has 1 aromatic heterocycles. The molecule has 1 aliphatic carbocycles. The van der Waals surface area contributed by atoms with Crippen LogP contribution in [0.15, 0.2) is 10.5 Å². The summed E-state index contributed by atoms with van der Waals surface area (Å²) in [5.41, 5.74) is 0.117. The van der Waals surface area contributed by atoms with E-state index in [9.17, 15) is 9.59 Å². The molecule has 1 aromatic rings. The Morgan fingerprint density at radius 2 is 2.24 bits per heavy atom. The predicted octanol–water partition coefficient (Wildman–Crippen LogP) is 1.65. The first-order chi connectivity index (χ1) is 9.99. The maximum atomic E-state index is 11.8. The molecule has 116 valence electrons. The molecule has 3 N–H and O–H groups in total. The molecular formula is C14H20N2O5. The summed E-state index contributed by atoms with van der Waals surface area (Å²) in [5.74, 6) is -0.289. The van der Waals surface area contributed by atoms with Gasteiger partial charge in [0.25, 0.3) is 0 Å². The molecule has 7 heteroatoms. The van der Waals surface area contributed by atoms with Crippen LogP contribution in [0.4, 0.5) is 4.79 Å². The Hall–Kier alpha value is -2.02. The van der Waals surface area contributed by atoms with Crippen LogP contribution in [-0.4, -0.2) is 36.4 Å². The highest BCUT2D eigenvalue weighted by Crippen LogP contribution is 2.21. The van der Waals surface area contributed by atoms with Crippen LogP contribution in [0.5, 0.6) is 0 Å². The average molecular weight is 296 g/mol. The lowest BCUT2D eigenvalue weighted by Gasteiger charge is -2.13. The van der Waals surface area contributed by atoms with Gasteiger partial charge in [0.05, 0.1) is 12.6 Å². The summed E-state index contributed by atoms with van der Waals surface area (Å²) in [6, 6.07) is 1.25. The zero-order chi connectivity index (χ0) is 15.4. The van der Waals surface area contributed by atoms with Crippen LogP contribution in [0.3, 0.4) is 0 Å². The SMILES string of the molecule is COC1CCC(NC(=O)NCc2cc(C(=O)O)c(C)o2)C1. The van der Waals surface area contributed by atoms with Crippen molar-refractivity contribution in [3.63, 3.8) is 0 Å². The van der Waals surface area contributed by atoms with E-state index in [0.29, 0.717) is 11.5 Å². The number of hydrogen-bond donors (Lipinski definition) is 3. The quantitative estimate of drug-likeness (QED) is 0.767. The highest BCUT2D eigenvalue weighted by atomic mass is 16.5. The van der Waals surface area contributed by atoms with Gasteiger partial charge in [-0.3, -0.25) is 0 Å². The summed E-state index contributed by atoms with van der Waals surface area (Å²) >= 11 is 0. The minimum Gasteiger partial charge on any atom is -0.478 e. The number of urea groups is 1. The third-order valence-corrected chi connectivity index (χ3v) is 3.68. The number of carboxylic acid groups (broad SMARTS) is 1. The Balaban J connectivity index is 1.79.